The largest absolute Gasteiger partial charge is 0.455 e. The van der Waals surface area contributed by atoms with Crippen molar-refractivity contribution in [3.8, 4) is 0 Å². The third kappa shape index (κ3) is 10.3. The van der Waals surface area contributed by atoms with Crippen molar-refractivity contribution >= 4 is 11.9 Å². The Balaban J connectivity index is 0.812. The Morgan fingerprint density at radius 1 is 0.506 bits per heavy atom. The van der Waals surface area contributed by atoms with Gasteiger partial charge in [0, 0.05) is 12.8 Å². The Kier molecular flexibility index (Phi) is 17.6. The number of carbonyl (C=O) groups excluding carboxylic acids is 2. The highest BCUT2D eigenvalue weighted by atomic mass is 16.8. The second-order valence-corrected chi connectivity index (χ2v) is 28.5. The fraction of sp³-hybridized carbons (Fsp3) is 0.967. The van der Waals surface area contributed by atoms with E-state index in [1.807, 2.05) is 0 Å². The normalized spacial score (nSPS) is 53.9. The summed E-state index contributed by atoms with van der Waals surface area (Å²) in [7, 11) is 0. The van der Waals surface area contributed by atoms with Crippen LogP contribution >= 0.6 is 0 Å². The van der Waals surface area contributed by atoms with E-state index in [9.17, 15) is 70.9 Å². The van der Waals surface area contributed by atoms with Gasteiger partial charge in [0.2, 0.25) is 0 Å². The molecule has 19 heteroatoms. The summed E-state index contributed by atoms with van der Waals surface area (Å²) in [4.78, 5) is 28.3. The maximum atomic E-state index is 14.2. The SMILES string of the molecule is C[C@H](CCC(=O)O[C@@H]1[C@@H](O)[C@@H](O[C@H]2O[C@H](CO)[C@@H](O)[C@H](O)[C@H]2O)O[C@H](CO)[C@H]1OC(=O)CC[C@@H](C)[C@H]1CCC2C3C(C[C@H](O)[C@@]21C)[C@@]1(C)CC[C@@H](O)C[C@H]1C[C@H]3O)[C@H]1CCC2C3C(C[C@H](O)[C@@]21C)[C@@]1(C)CC[C@@H](O)C[C@H]1C[C@H]3O. The Hall–Kier alpha value is -1.66. The molecule has 6 unspecified atom stereocenters. The number of rotatable bonds is 14. The van der Waals surface area contributed by atoms with Gasteiger partial charge < -0.3 is 85.0 Å². The van der Waals surface area contributed by atoms with Crippen LogP contribution in [0.25, 0.3) is 0 Å². The predicted octanol–water partition coefficient (Wildman–Crippen LogP) is 2.46. The fourth-order valence-electron chi connectivity index (χ4n) is 20.5. The molecule has 8 saturated carbocycles. The summed E-state index contributed by atoms with van der Waals surface area (Å²) in [5, 5.41) is 133. The molecule has 2 aliphatic heterocycles. The van der Waals surface area contributed by atoms with Gasteiger partial charge in [-0.3, -0.25) is 9.59 Å². The third-order valence-corrected chi connectivity index (χ3v) is 25.1. The van der Waals surface area contributed by atoms with E-state index < -0.39 is 122 Å². The average Bonchev–Trinajstić information content (AvgIpc) is 3.33. The maximum Gasteiger partial charge on any atom is 0.306 e. The van der Waals surface area contributed by atoms with Gasteiger partial charge in [-0.15, -0.1) is 0 Å². The molecule has 10 aliphatic rings. The zero-order valence-corrected chi connectivity index (χ0v) is 47.5. The topological polar surface area (TPSA) is 323 Å². The number of hydrogen-bond acceptors (Lipinski definition) is 19. The first-order valence-corrected chi connectivity index (χ1v) is 30.7. The van der Waals surface area contributed by atoms with E-state index in [1.54, 1.807) is 0 Å². The first-order chi connectivity index (χ1) is 37.3. The summed E-state index contributed by atoms with van der Waals surface area (Å²) in [5.41, 5.74) is -1.21. The first kappa shape index (κ1) is 60.5. The fourth-order valence-corrected chi connectivity index (χ4v) is 20.5. The van der Waals surface area contributed by atoms with Crippen LogP contribution in [0, 0.1) is 92.7 Å². The van der Waals surface area contributed by atoms with Crippen LogP contribution in [0.15, 0.2) is 0 Å². The van der Waals surface area contributed by atoms with Gasteiger partial charge >= 0.3 is 11.9 Å². The maximum absolute atomic E-state index is 14.2. The lowest BCUT2D eigenvalue weighted by molar-refractivity contribution is -0.376. The van der Waals surface area contributed by atoms with E-state index in [0.717, 1.165) is 51.4 Å². The molecular weight excluding hydrogens is 1020 g/mol. The molecule has 19 nitrogen and oxygen atoms in total. The Morgan fingerprint density at radius 2 is 0.937 bits per heavy atom. The molecule has 0 bridgehead atoms. The molecular formula is C60H98O19. The average molecular weight is 1120 g/mol. The Bertz CT molecular complexity index is 2140. The molecule has 0 amide bonds. The lowest BCUT2D eigenvalue weighted by Gasteiger charge is -2.63. The molecule has 79 heavy (non-hydrogen) atoms. The summed E-state index contributed by atoms with van der Waals surface area (Å²) in [5.74, 6) is -0.802. The predicted molar refractivity (Wildman–Crippen MR) is 281 cm³/mol. The van der Waals surface area contributed by atoms with Gasteiger partial charge in [-0.1, -0.05) is 41.5 Å². The summed E-state index contributed by atoms with van der Waals surface area (Å²) in [6, 6.07) is 0. The van der Waals surface area contributed by atoms with Crippen molar-refractivity contribution in [1.82, 2.24) is 0 Å². The smallest absolute Gasteiger partial charge is 0.306 e. The minimum atomic E-state index is -1.93. The van der Waals surface area contributed by atoms with E-state index >= 15 is 0 Å². The molecule has 12 N–H and O–H groups in total. The van der Waals surface area contributed by atoms with Crippen LogP contribution in [-0.4, -0.2) is 184 Å². The van der Waals surface area contributed by atoms with Crippen LogP contribution in [0.3, 0.4) is 0 Å². The minimum Gasteiger partial charge on any atom is -0.455 e. The molecule has 10 fully saturated rings. The van der Waals surface area contributed by atoms with Gasteiger partial charge in [-0.2, -0.15) is 0 Å². The molecule has 32 atom stereocenters. The summed E-state index contributed by atoms with van der Waals surface area (Å²) < 4.78 is 29.4. The number of carbonyl (C=O) groups is 2. The van der Waals surface area contributed by atoms with Crippen LogP contribution in [-0.2, 0) is 33.3 Å². The van der Waals surface area contributed by atoms with Crippen LogP contribution in [0.1, 0.15) is 157 Å². The Morgan fingerprint density at radius 3 is 1.39 bits per heavy atom. The second kappa shape index (κ2) is 23.0. The van der Waals surface area contributed by atoms with Gasteiger partial charge in [0.05, 0.1) is 49.8 Å². The van der Waals surface area contributed by atoms with Crippen molar-refractivity contribution in [1.29, 1.82) is 0 Å². The molecule has 0 aromatic heterocycles. The van der Waals surface area contributed by atoms with Gasteiger partial charge in [0.15, 0.2) is 24.8 Å². The number of aliphatic hydroxyl groups is 12. The molecule has 0 aromatic rings. The molecule has 452 valence electrons. The van der Waals surface area contributed by atoms with Crippen molar-refractivity contribution in [2.75, 3.05) is 13.2 Å². The van der Waals surface area contributed by atoms with Crippen LogP contribution in [0.4, 0.5) is 0 Å². The molecule has 10 rings (SSSR count). The highest BCUT2D eigenvalue weighted by molar-refractivity contribution is 5.71. The number of aliphatic hydroxyl groups excluding tert-OH is 12. The first-order valence-electron chi connectivity index (χ1n) is 30.7. The van der Waals surface area contributed by atoms with E-state index in [4.69, 9.17) is 23.7 Å². The minimum absolute atomic E-state index is 0.00506. The van der Waals surface area contributed by atoms with Crippen molar-refractivity contribution in [3.63, 3.8) is 0 Å². The van der Waals surface area contributed by atoms with Gasteiger partial charge in [0.1, 0.15) is 36.6 Å². The van der Waals surface area contributed by atoms with Crippen molar-refractivity contribution in [2.24, 2.45) is 92.7 Å². The summed E-state index contributed by atoms with van der Waals surface area (Å²) >= 11 is 0. The quantitative estimate of drug-likeness (QED) is 0.111. The number of hydrogen-bond donors (Lipinski definition) is 12. The van der Waals surface area contributed by atoms with Crippen LogP contribution in [0.5, 0.6) is 0 Å². The lowest BCUT2D eigenvalue weighted by atomic mass is 9.43. The van der Waals surface area contributed by atoms with Crippen molar-refractivity contribution < 1.29 is 94.6 Å². The van der Waals surface area contributed by atoms with Crippen molar-refractivity contribution in [2.45, 2.75) is 255 Å². The summed E-state index contributed by atoms with van der Waals surface area (Å²) in [6.07, 6.45) is -9.47. The lowest BCUT2D eigenvalue weighted by Crippen LogP contribution is -2.65. The molecule has 2 saturated heterocycles. The zero-order chi connectivity index (χ0) is 57.0. The third-order valence-electron chi connectivity index (χ3n) is 25.1. The van der Waals surface area contributed by atoms with E-state index in [1.165, 1.54) is 0 Å². The number of esters is 2. The molecule has 8 aliphatic carbocycles. The van der Waals surface area contributed by atoms with Gasteiger partial charge in [-0.05, 0) is 195 Å². The second-order valence-electron chi connectivity index (χ2n) is 28.5. The molecule has 0 radical (unpaired) electrons. The Labute approximate surface area is 466 Å². The monoisotopic (exact) mass is 1120 g/mol. The highest BCUT2D eigenvalue weighted by Gasteiger charge is 2.68. The zero-order valence-electron chi connectivity index (χ0n) is 47.5. The molecule has 0 aromatic carbocycles. The van der Waals surface area contributed by atoms with E-state index in [-0.39, 0.29) is 107 Å². The standard InChI is InChI=1S/C60H98O19/c1-27(33-9-11-35-47-37(23-43(67)59(33,35)5)57(3)17-15-31(63)19-29(57)21-39(47)65)7-13-45(69)77-53-42(26-62)76-56(79-55-51(73)50(72)49(71)41(25-61)75-55)52(74)54(53)78-46(70)14-8-28(2)34-10-12-36-48-38(24-44(68)60(34,36)6)58(4)18-16-32(64)20-30(58)22-40(48)66/h27-44,47-56,61-68,71-74H,7-26H2,1-6H3/t27-,28-,29+,30+,31-,32-,33-,34-,35?,36?,37?,38?,39-,40-,41-,42-,43+,44+,47?,48?,49-,50+,51-,52-,53-,54-,55-,56-,57+,58+,59-,60-/m1/s1. The highest BCUT2D eigenvalue weighted by Crippen LogP contribution is 2.70. The summed E-state index contributed by atoms with van der Waals surface area (Å²) in [6.45, 7) is 11.4. The number of ether oxygens (including phenoxy) is 5. The van der Waals surface area contributed by atoms with Crippen molar-refractivity contribution in [3.05, 3.63) is 0 Å². The number of fused-ring (bicyclic) bond motifs is 10. The van der Waals surface area contributed by atoms with Gasteiger partial charge in [0.25, 0.3) is 0 Å². The van der Waals surface area contributed by atoms with Gasteiger partial charge in [-0.25, -0.2) is 0 Å². The van der Waals surface area contributed by atoms with Crippen LogP contribution in [0.2, 0.25) is 0 Å². The van der Waals surface area contributed by atoms with E-state index in [0.29, 0.717) is 51.4 Å². The van der Waals surface area contributed by atoms with E-state index in [2.05, 4.69) is 41.5 Å². The van der Waals surface area contributed by atoms with Crippen LogP contribution < -0.4 is 0 Å². The molecule has 2 heterocycles. The molecule has 0 spiro atoms.